The maximum atomic E-state index is 12.6. The number of amides is 2. The van der Waals surface area contributed by atoms with E-state index >= 15 is 0 Å². The molecule has 0 bridgehead atoms. The number of fused-ring (bicyclic) bond motifs is 2. The van der Waals surface area contributed by atoms with Crippen LogP contribution in [0.3, 0.4) is 0 Å². The zero-order chi connectivity index (χ0) is 20.4. The molecule has 2 N–H and O–H groups in total. The summed E-state index contributed by atoms with van der Waals surface area (Å²) in [6.45, 7) is 5.69. The van der Waals surface area contributed by atoms with Crippen LogP contribution in [0.1, 0.15) is 24.3 Å². The number of H-pyrrole nitrogens is 1. The van der Waals surface area contributed by atoms with Crippen molar-refractivity contribution in [2.75, 3.05) is 18.4 Å². The molecule has 29 heavy (non-hydrogen) atoms. The molecule has 4 rings (SSSR count). The Balaban J connectivity index is 1.52. The molecule has 2 aromatic heterocycles. The number of rotatable bonds is 6. The quantitative estimate of drug-likeness (QED) is 0.519. The molecule has 2 aromatic carbocycles. The molecular weight excluding hydrogens is 364 g/mol. The first-order valence-corrected chi connectivity index (χ1v) is 9.84. The Morgan fingerprint density at radius 1 is 1.00 bits per heavy atom. The summed E-state index contributed by atoms with van der Waals surface area (Å²) in [7, 11) is 0. The number of nitrogens with one attached hydrogen (secondary N) is 2. The molecule has 0 aliphatic carbocycles. The minimum Gasteiger partial charge on any atom is -0.351 e. The van der Waals surface area contributed by atoms with Crippen molar-refractivity contribution in [3.63, 3.8) is 0 Å². The summed E-state index contributed by atoms with van der Waals surface area (Å²) in [6, 6.07) is 17.3. The number of carbonyl (C=O) groups is 2. The third-order valence-corrected chi connectivity index (χ3v) is 5.23. The lowest BCUT2D eigenvalue weighted by Crippen LogP contribution is -2.33. The Hall–Kier alpha value is -3.54. The van der Waals surface area contributed by atoms with Crippen LogP contribution in [0.2, 0.25) is 0 Å². The second-order valence-electron chi connectivity index (χ2n) is 7.01. The number of anilines is 1. The van der Waals surface area contributed by atoms with Crippen LogP contribution >= 0.6 is 0 Å². The molecule has 0 fully saturated rings. The molecule has 0 saturated carbocycles. The number of benzene rings is 2. The van der Waals surface area contributed by atoms with Gasteiger partial charge in [0.2, 0.25) is 5.91 Å². The summed E-state index contributed by atoms with van der Waals surface area (Å²) >= 11 is 0. The van der Waals surface area contributed by atoms with E-state index < -0.39 is 0 Å². The predicted octanol–water partition coefficient (Wildman–Crippen LogP) is 4.24. The summed E-state index contributed by atoms with van der Waals surface area (Å²) in [6.07, 6.45) is 1.91. The smallest absolute Gasteiger partial charge is 0.272 e. The highest BCUT2D eigenvalue weighted by atomic mass is 16.2. The predicted molar refractivity (Wildman–Crippen MR) is 116 cm³/mol. The van der Waals surface area contributed by atoms with Gasteiger partial charge in [0.05, 0.1) is 0 Å². The monoisotopic (exact) mass is 388 g/mol. The Morgan fingerprint density at radius 3 is 2.55 bits per heavy atom. The largest absolute Gasteiger partial charge is 0.351 e. The molecule has 4 aromatic rings. The number of likely N-dealkylation sites (N-methyl/N-ethyl adjacent to an activating group) is 1. The van der Waals surface area contributed by atoms with Crippen molar-refractivity contribution in [1.29, 1.82) is 0 Å². The van der Waals surface area contributed by atoms with Crippen LogP contribution in [-0.2, 0) is 11.3 Å². The van der Waals surface area contributed by atoms with E-state index in [0.717, 1.165) is 21.8 Å². The summed E-state index contributed by atoms with van der Waals surface area (Å²) in [5.41, 5.74) is 3.14. The van der Waals surface area contributed by atoms with Crippen LogP contribution in [0.4, 0.5) is 5.69 Å². The minimum absolute atomic E-state index is 0.101. The van der Waals surface area contributed by atoms with Gasteiger partial charge in [0.25, 0.3) is 5.91 Å². The van der Waals surface area contributed by atoms with Crippen LogP contribution in [-0.4, -0.2) is 39.4 Å². The van der Waals surface area contributed by atoms with Gasteiger partial charge in [-0.3, -0.25) is 9.59 Å². The Bertz CT molecular complexity index is 1150. The summed E-state index contributed by atoms with van der Waals surface area (Å²) < 4.78 is 1.94. The molecule has 6 heteroatoms. The van der Waals surface area contributed by atoms with E-state index in [-0.39, 0.29) is 11.8 Å². The maximum Gasteiger partial charge on any atom is 0.272 e. The van der Waals surface area contributed by atoms with Crippen LogP contribution in [0.25, 0.3) is 21.8 Å². The van der Waals surface area contributed by atoms with Gasteiger partial charge in [-0.15, -0.1) is 0 Å². The molecule has 0 spiro atoms. The zero-order valence-corrected chi connectivity index (χ0v) is 16.6. The van der Waals surface area contributed by atoms with Crippen molar-refractivity contribution in [3.8, 4) is 0 Å². The maximum absolute atomic E-state index is 12.6. The third kappa shape index (κ3) is 3.74. The molecule has 0 saturated heterocycles. The lowest BCUT2D eigenvalue weighted by atomic mass is 10.2. The first kappa shape index (κ1) is 18.8. The molecule has 0 unspecified atom stereocenters. The minimum atomic E-state index is -0.184. The van der Waals surface area contributed by atoms with Gasteiger partial charge in [-0.25, -0.2) is 0 Å². The van der Waals surface area contributed by atoms with Gasteiger partial charge in [-0.1, -0.05) is 18.2 Å². The van der Waals surface area contributed by atoms with E-state index in [1.807, 2.05) is 84.1 Å². The highest BCUT2D eigenvalue weighted by molar-refractivity contribution is 6.06. The molecule has 6 nitrogen and oxygen atoms in total. The van der Waals surface area contributed by atoms with Crippen molar-refractivity contribution in [3.05, 3.63) is 66.5 Å². The Morgan fingerprint density at radius 2 is 1.79 bits per heavy atom. The van der Waals surface area contributed by atoms with Gasteiger partial charge < -0.3 is 19.8 Å². The zero-order valence-electron chi connectivity index (χ0n) is 16.6. The first-order valence-electron chi connectivity index (χ1n) is 9.84. The summed E-state index contributed by atoms with van der Waals surface area (Å²) in [5, 5.41) is 4.92. The van der Waals surface area contributed by atoms with Crippen LogP contribution in [0.15, 0.2) is 60.8 Å². The van der Waals surface area contributed by atoms with Crippen molar-refractivity contribution in [2.45, 2.75) is 20.4 Å². The fraction of sp³-hybridized carbons (Fsp3) is 0.217. The van der Waals surface area contributed by atoms with Crippen molar-refractivity contribution >= 4 is 39.3 Å². The fourth-order valence-electron chi connectivity index (χ4n) is 3.63. The van der Waals surface area contributed by atoms with Crippen LogP contribution in [0.5, 0.6) is 0 Å². The van der Waals surface area contributed by atoms with Crippen LogP contribution in [0, 0.1) is 0 Å². The average molecular weight is 388 g/mol. The van der Waals surface area contributed by atoms with Gasteiger partial charge in [0, 0.05) is 46.8 Å². The topological polar surface area (TPSA) is 70.1 Å². The number of carbonyl (C=O) groups excluding carboxylic acids is 2. The lowest BCUT2D eigenvalue weighted by molar-refractivity contribution is -0.131. The number of nitrogens with zero attached hydrogens (tertiary/aromatic N) is 2. The highest BCUT2D eigenvalue weighted by Gasteiger charge is 2.13. The van der Waals surface area contributed by atoms with Gasteiger partial charge >= 0.3 is 0 Å². The lowest BCUT2D eigenvalue weighted by Gasteiger charge is -2.19. The van der Waals surface area contributed by atoms with E-state index in [2.05, 4.69) is 10.3 Å². The van der Waals surface area contributed by atoms with E-state index in [1.54, 1.807) is 0 Å². The molecule has 148 valence electrons. The van der Waals surface area contributed by atoms with Crippen LogP contribution < -0.4 is 5.32 Å². The Kier molecular flexibility index (Phi) is 5.08. The SMILES string of the molecule is CCN(CC)C(=O)Cn1ccc2cc(NC(=O)c3cc4ccccc4[nH]3)ccc21. The summed E-state index contributed by atoms with van der Waals surface area (Å²) in [4.78, 5) is 30.0. The fourth-order valence-corrected chi connectivity index (χ4v) is 3.63. The number of aromatic nitrogens is 2. The standard InChI is InChI=1S/C23H24N4O2/c1-3-26(4-2)22(28)15-27-12-11-17-13-18(9-10-21(17)27)24-23(29)20-14-16-7-5-6-8-19(16)25-20/h5-14,25H,3-4,15H2,1-2H3,(H,24,29). The molecule has 2 amide bonds. The molecule has 0 atom stereocenters. The van der Waals surface area contributed by atoms with Crippen molar-refractivity contribution < 1.29 is 9.59 Å². The number of hydrogen-bond acceptors (Lipinski definition) is 2. The highest BCUT2D eigenvalue weighted by Crippen LogP contribution is 2.22. The molecule has 0 radical (unpaired) electrons. The number of para-hydroxylation sites is 1. The molecule has 0 aliphatic heterocycles. The van der Waals surface area contributed by atoms with Gasteiger partial charge in [0.1, 0.15) is 12.2 Å². The normalized spacial score (nSPS) is 11.1. The van der Waals surface area contributed by atoms with Gasteiger partial charge in [0.15, 0.2) is 0 Å². The van der Waals surface area contributed by atoms with E-state index in [0.29, 0.717) is 31.0 Å². The van der Waals surface area contributed by atoms with Gasteiger partial charge in [-0.05, 0) is 50.2 Å². The van der Waals surface area contributed by atoms with E-state index in [4.69, 9.17) is 0 Å². The first-order chi connectivity index (χ1) is 14.1. The van der Waals surface area contributed by atoms with E-state index in [9.17, 15) is 9.59 Å². The second-order valence-corrected chi connectivity index (χ2v) is 7.01. The van der Waals surface area contributed by atoms with Crippen molar-refractivity contribution in [2.24, 2.45) is 0 Å². The number of hydrogen-bond donors (Lipinski definition) is 2. The Labute approximate surface area is 169 Å². The van der Waals surface area contributed by atoms with Crippen molar-refractivity contribution in [1.82, 2.24) is 14.5 Å². The van der Waals surface area contributed by atoms with E-state index in [1.165, 1.54) is 0 Å². The number of aromatic amines is 1. The molecule has 0 aliphatic rings. The molecular formula is C23H24N4O2. The third-order valence-electron chi connectivity index (χ3n) is 5.23. The molecule has 2 heterocycles. The van der Waals surface area contributed by atoms with Gasteiger partial charge in [-0.2, -0.15) is 0 Å². The summed E-state index contributed by atoms with van der Waals surface area (Å²) in [5.74, 6) is -0.0830. The second kappa shape index (κ2) is 7.83. The average Bonchev–Trinajstić information content (AvgIpc) is 3.33.